The first-order chi connectivity index (χ1) is 8.52. The van der Waals surface area contributed by atoms with Gasteiger partial charge in [0.1, 0.15) is 9.52 Å². The van der Waals surface area contributed by atoms with Crippen LogP contribution in [0.1, 0.15) is 0 Å². The van der Waals surface area contributed by atoms with Crippen LogP contribution in [-0.4, -0.2) is 9.52 Å². The Morgan fingerprint density at radius 1 is 0.611 bits per heavy atom. The molecule has 0 saturated heterocycles. The molecular formula is C12H5F5Si. The van der Waals surface area contributed by atoms with Gasteiger partial charge in [0.15, 0.2) is 23.3 Å². The largest absolute Gasteiger partial charge is 0.204 e. The van der Waals surface area contributed by atoms with Gasteiger partial charge in [0, 0.05) is 5.19 Å². The fourth-order valence-corrected chi connectivity index (χ4v) is 2.47. The van der Waals surface area contributed by atoms with Crippen LogP contribution < -0.4 is 10.4 Å². The summed E-state index contributed by atoms with van der Waals surface area (Å²) in [5.41, 5.74) is 0. The van der Waals surface area contributed by atoms with Crippen LogP contribution in [0.5, 0.6) is 0 Å². The second-order valence-corrected chi connectivity index (χ2v) is 4.76. The van der Waals surface area contributed by atoms with Crippen molar-refractivity contribution in [1.29, 1.82) is 0 Å². The van der Waals surface area contributed by atoms with Crippen LogP contribution in [0.2, 0.25) is 0 Å². The Morgan fingerprint density at radius 3 is 1.56 bits per heavy atom. The summed E-state index contributed by atoms with van der Waals surface area (Å²) in [5, 5.41) is -0.307. The van der Waals surface area contributed by atoms with Crippen molar-refractivity contribution >= 4 is 19.9 Å². The summed E-state index contributed by atoms with van der Waals surface area (Å²) in [6.45, 7) is 0. The van der Waals surface area contributed by atoms with E-state index in [0.717, 1.165) is 0 Å². The fraction of sp³-hybridized carbons (Fsp3) is 0. The first kappa shape index (κ1) is 12.8. The molecule has 0 aliphatic carbocycles. The topological polar surface area (TPSA) is 0 Å². The van der Waals surface area contributed by atoms with Crippen molar-refractivity contribution in [3.8, 4) is 0 Å². The fourth-order valence-electron chi connectivity index (χ4n) is 1.38. The Balaban J connectivity index is 2.52. The van der Waals surface area contributed by atoms with Crippen molar-refractivity contribution < 1.29 is 22.0 Å². The molecule has 0 saturated carbocycles. The van der Waals surface area contributed by atoms with Crippen molar-refractivity contribution in [3.05, 3.63) is 59.4 Å². The lowest BCUT2D eigenvalue weighted by atomic mass is 10.3. The van der Waals surface area contributed by atoms with E-state index in [-0.39, 0.29) is 0 Å². The second-order valence-electron chi connectivity index (χ2n) is 3.44. The smallest absolute Gasteiger partial charge is 0.200 e. The van der Waals surface area contributed by atoms with Gasteiger partial charge in [0.25, 0.3) is 0 Å². The zero-order valence-corrected chi connectivity index (χ0v) is 9.78. The molecule has 2 aromatic rings. The molecule has 0 amide bonds. The maximum absolute atomic E-state index is 13.4. The summed E-state index contributed by atoms with van der Waals surface area (Å²) in [4.78, 5) is 0. The van der Waals surface area contributed by atoms with E-state index in [1.807, 2.05) is 0 Å². The predicted octanol–water partition coefficient (Wildman–Crippen LogP) is 2.04. The molecule has 0 aliphatic rings. The summed E-state index contributed by atoms with van der Waals surface area (Å²) in [6, 6.07) is 8.03. The highest BCUT2D eigenvalue weighted by atomic mass is 28.2. The minimum absolute atomic E-state index is 0.487. The number of hydrogen-bond donors (Lipinski definition) is 0. The van der Waals surface area contributed by atoms with Gasteiger partial charge in [-0.25, -0.2) is 22.0 Å². The van der Waals surface area contributed by atoms with Gasteiger partial charge in [-0.2, -0.15) is 0 Å². The molecule has 0 spiro atoms. The highest BCUT2D eigenvalue weighted by molar-refractivity contribution is 6.67. The van der Waals surface area contributed by atoms with Crippen LogP contribution in [0.15, 0.2) is 30.3 Å². The molecular weight excluding hydrogens is 267 g/mol. The highest BCUT2D eigenvalue weighted by Crippen LogP contribution is 2.15. The monoisotopic (exact) mass is 272 g/mol. The van der Waals surface area contributed by atoms with Crippen LogP contribution in [-0.2, 0) is 0 Å². The zero-order chi connectivity index (χ0) is 13.3. The van der Waals surface area contributed by atoms with Gasteiger partial charge in [0.05, 0.1) is 0 Å². The lowest BCUT2D eigenvalue weighted by Gasteiger charge is -2.07. The molecule has 0 unspecified atom stereocenters. The number of benzene rings is 2. The number of hydrogen-bond acceptors (Lipinski definition) is 0. The summed E-state index contributed by atoms with van der Waals surface area (Å²) < 4.78 is 65.5. The molecule has 18 heavy (non-hydrogen) atoms. The molecule has 2 radical (unpaired) electrons. The van der Waals surface area contributed by atoms with Crippen molar-refractivity contribution in [2.75, 3.05) is 0 Å². The molecule has 2 rings (SSSR count). The molecule has 0 nitrogen and oxygen atoms in total. The first-order valence-electron chi connectivity index (χ1n) is 4.86. The van der Waals surface area contributed by atoms with E-state index < -0.39 is 43.8 Å². The van der Waals surface area contributed by atoms with E-state index in [1.165, 1.54) is 0 Å². The molecule has 0 bridgehead atoms. The Labute approximate surface area is 102 Å². The number of rotatable bonds is 2. The molecule has 0 aliphatic heterocycles. The van der Waals surface area contributed by atoms with Crippen LogP contribution in [0.25, 0.3) is 0 Å². The maximum atomic E-state index is 13.4. The molecule has 0 N–H and O–H groups in total. The molecule has 0 fully saturated rings. The van der Waals surface area contributed by atoms with E-state index in [9.17, 15) is 22.0 Å². The molecule has 6 heteroatoms. The van der Waals surface area contributed by atoms with E-state index in [1.54, 1.807) is 30.3 Å². The Bertz CT molecular complexity index is 554. The maximum Gasteiger partial charge on any atom is 0.200 e. The van der Waals surface area contributed by atoms with Crippen LogP contribution in [0.4, 0.5) is 22.0 Å². The van der Waals surface area contributed by atoms with Crippen LogP contribution in [0, 0.1) is 29.1 Å². The predicted molar refractivity (Wildman–Crippen MR) is 57.7 cm³/mol. The van der Waals surface area contributed by atoms with E-state index in [0.29, 0.717) is 5.19 Å². The van der Waals surface area contributed by atoms with E-state index in [2.05, 4.69) is 0 Å². The highest BCUT2D eigenvalue weighted by Gasteiger charge is 2.25. The first-order valence-corrected chi connectivity index (χ1v) is 5.86. The lowest BCUT2D eigenvalue weighted by Crippen LogP contribution is -2.34. The zero-order valence-electron chi connectivity index (χ0n) is 8.78. The van der Waals surface area contributed by atoms with Gasteiger partial charge in [-0.15, -0.1) is 0 Å². The summed E-state index contributed by atoms with van der Waals surface area (Å²) >= 11 is 0. The Hall–Kier alpha value is -1.69. The average Bonchev–Trinajstić information content (AvgIpc) is 2.40. The molecule has 0 atom stereocenters. The Kier molecular flexibility index (Phi) is 3.47. The minimum Gasteiger partial charge on any atom is -0.204 e. The number of halogens is 5. The van der Waals surface area contributed by atoms with Crippen molar-refractivity contribution in [3.63, 3.8) is 0 Å². The third kappa shape index (κ3) is 2.15. The van der Waals surface area contributed by atoms with Crippen molar-refractivity contribution in [1.82, 2.24) is 0 Å². The van der Waals surface area contributed by atoms with Crippen molar-refractivity contribution in [2.45, 2.75) is 0 Å². The molecule has 0 aromatic heterocycles. The molecule has 92 valence electrons. The SMILES string of the molecule is Fc1c(F)c(F)c([Si]c2ccccc2)c(F)c1F. The van der Waals surface area contributed by atoms with Gasteiger partial charge < -0.3 is 0 Å². The van der Waals surface area contributed by atoms with Gasteiger partial charge in [0.2, 0.25) is 5.82 Å². The lowest BCUT2D eigenvalue weighted by molar-refractivity contribution is 0.384. The van der Waals surface area contributed by atoms with Gasteiger partial charge >= 0.3 is 0 Å². The normalized spacial score (nSPS) is 10.7. The third-order valence-corrected chi connectivity index (χ3v) is 3.56. The summed E-state index contributed by atoms with van der Waals surface area (Å²) in [5.74, 6) is -9.49. The minimum atomic E-state index is -2.13. The van der Waals surface area contributed by atoms with Gasteiger partial charge in [-0.3, -0.25) is 0 Å². The standard InChI is InChI=1S/C12H5F5Si/c13-7-8(14)10(16)12(11(17)9(7)15)18-6-4-2-1-3-5-6/h1-5H. The van der Waals surface area contributed by atoms with Crippen LogP contribution in [0.3, 0.4) is 0 Å². The van der Waals surface area contributed by atoms with Gasteiger partial charge in [-0.1, -0.05) is 35.5 Å². The van der Waals surface area contributed by atoms with E-state index in [4.69, 9.17) is 0 Å². The quantitative estimate of drug-likeness (QED) is 0.340. The summed E-state index contributed by atoms with van der Waals surface area (Å²) in [6.07, 6.45) is 0. The van der Waals surface area contributed by atoms with Crippen molar-refractivity contribution in [2.24, 2.45) is 0 Å². The average molecular weight is 272 g/mol. The molecule has 0 heterocycles. The van der Waals surface area contributed by atoms with Crippen LogP contribution >= 0.6 is 0 Å². The summed E-state index contributed by atoms with van der Waals surface area (Å²) in [7, 11) is -0.633. The second kappa shape index (κ2) is 4.89. The van der Waals surface area contributed by atoms with E-state index >= 15 is 0 Å². The van der Waals surface area contributed by atoms with Gasteiger partial charge in [-0.05, 0) is 0 Å². The Morgan fingerprint density at radius 2 is 1.06 bits per heavy atom. The molecule has 2 aromatic carbocycles. The third-order valence-electron chi connectivity index (χ3n) is 2.25.